The second-order valence-corrected chi connectivity index (χ2v) is 8.89. The van der Waals surface area contributed by atoms with Crippen LogP contribution in [0.1, 0.15) is 6.92 Å². The summed E-state index contributed by atoms with van der Waals surface area (Å²) in [5, 5.41) is 25.4. The van der Waals surface area contributed by atoms with Crippen molar-refractivity contribution in [3.8, 4) is 28.5 Å². The number of rotatable bonds is 8. The highest BCUT2D eigenvalue weighted by molar-refractivity contribution is 5.95. The number of pyridine rings is 1. The second kappa shape index (κ2) is 12.9. The number of aryl methyl sites for hydroxylation is 1. The third-order valence-corrected chi connectivity index (χ3v) is 6.07. The van der Waals surface area contributed by atoms with E-state index < -0.39 is 18.2 Å². The molecule has 1 unspecified atom stereocenters. The highest BCUT2D eigenvalue weighted by Gasteiger charge is 2.38. The maximum absolute atomic E-state index is 10.6. The number of carboxylic acid groups (broad SMARTS) is 1. The first-order valence-electron chi connectivity index (χ1n) is 12.5. The molecule has 0 saturated carbocycles. The number of ether oxygens (including phenoxy) is 2. The van der Waals surface area contributed by atoms with Gasteiger partial charge < -0.3 is 30.0 Å². The van der Waals surface area contributed by atoms with Crippen molar-refractivity contribution in [1.82, 2.24) is 29.7 Å². The number of fused-ring (bicyclic) bond motifs is 1. The lowest BCUT2D eigenvalue weighted by Crippen LogP contribution is -2.42. The van der Waals surface area contributed by atoms with Gasteiger partial charge >= 0.3 is 12.1 Å². The fourth-order valence-electron chi connectivity index (χ4n) is 4.19. The minimum Gasteiger partial charge on any atom is -0.487 e. The molecule has 1 aliphatic rings. The normalized spacial score (nSPS) is 14.9. The van der Waals surface area contributed by atoms with Crippen LogP contribution in [0.2, 0.25) is 0 Å². The number of hydrogen-bond donors (Lipinski definition) is 3. The molecular weight excluding hydrogens is 551 g/mol. The van der Waals surface area contributed by atoms with E-state index in [1.807, 2.05) is 41.8 Å². The van der Waals surface area contributed by atoms with Crippen LogP contribution in [0, 0.1) is 0 Å². The van der Waals surface area contributed by atoms with Gasteiger partial charge in [-0.3, -0.25) is 4.90 Å². The van der Waals surface area contributed by atoms with E-state index >= 15 is 0 Å². The quantitative estimate of drug-likeness (QED) is 0.279. The summed E-state index contributed by atoms with van der Waals surface area (Å²) in [4.78, 5) is 20.6. The smallest absolute Gasteiger partial charge is 0.487 e. The zero-order valence-electron chi connectivity index (χ0n) is 21.9. The molecule has 4 heterocycles. The number of alkyl halides is 3. The molecule has 16 heteroatoms. The Hall–Kier alpha value is -4.28. The van der Waals surface area contributed by atoms with Crippen molar-refractivity contribution in [2.24, 2.45) is 0 Å². The van der Waals surface area contributed by atoms with Crippen LogP contribution in [0.25, 0.3) is 33.8 Å². The van der Waals surface area contributed by atoms with E-state index in [0.717, 1.165) is 24.2 Å². The molecule has 4 aromatic rings. The van der Waals surface area contributed by atoms with Crippen molar-refractivity contribution < 1.29 is 42.3 Å². The van der Waals surface area contributed by atoms with Crippen molar-refractivity contribution in [2.75, 3.05) is 45.2 Å². The number of morpholine rings is 1. The maximum Gasteiger partial charge on any atom is 0.490 e. The number of β-amino-alcohol motifs (C(OH)–C–C–N with tert-alkyl or cyclic N) is 1. The van der Waals surface area contributed by atoms with Crippen molar-refractivity contribution >= 4 is 22.8 Å². The van der Waals surface area contributed by atoms with E-state index in [2.05, 4.69) is 20.2 Å². The molecule has 13 nitrogen and oxygen atoms in total. The largest absolute Gasteiger partial charge is 0.490 e. The standard InChI is InChI=1S/C23H27N7O4.C2HF3O2/c1-2-30-21-17(33-14-16(31)13-29-8-10-32-11-9-29)12-25-18(15-6-4-3-5-7-15)19(21)26-23(30)20-22(24)28-34-27-20;3-2(4,5)1(6)7/h3-7,12,16,31H,2,8-11,13-14H2,1H3,(H2,24,28);(H,6,7). The average molecular weight is 580 g/mol. The predicted octanol–water partition coefficient (Wildman–Crippen LogP) is 2.46. The van der Waals surface area contributed by atoms with Crippen molar-refractivity contribution in [2.45, 2.75) is 25.7 Å². The highest BCUT2D eigenvalue weighted by atomic mass is 19.4. The number of imidazole rings is 1. The molecule has 220 valence electrons. The molecular formula is C25H28F3N7O6. The summed E-state index contributed by atoms with van der Waals surface area (Å²) in [5.74, 6) is -1.57. The third kappa shape index (κ3) is 7.08. The zero-order valence-corrected chi connectivity index (χ0v) is 21.9. The van der Waals surface area contributed by atoms with E-state index in [-0.39, 0.29) is 12.4 Å². The van der Waals surface area contributed by atoms with Gasteiger partial charge in [0, 0.05) is 31.7 Å². The summed E-state index contributed by atoms with van der Waals surface area (Å²) in [5.41, 5.74) is 9.35. The molecule has 1 aromatic carbocycles. The molecule has 0 radical (unpaired) electrons. The summed E-state index contributed by atoms with van der Waals surface area (Å²) in [6.07, 6.45) is -4.07. The minimum absolute atomic E-state index is 0.122. The van der Waals surface area contributed by atoms with Gasteiger partial charge in [-0.05, 0) is 17.2 Å². The number of anilines is 1. The Morgan fingerprint density at radius 3 is 2.44 bits per heavy atom. The van der Waals surface area contributed by atoms with Gasteiger partial charge in [0.15, 0.2) is 23.1 Å². The Morgan fingerprint density at radius 1 is 1.17 bits per heavy atom. The van der Waals surface area contributed by atoms with E-state index in [1.165, 1.54) is 0 Å². The number of aromatic nitrogens is 5. The topological polar surface area (TPSA) is 175 Å². The maximum atomic E-state index is 10.6. The first-order chi connectivity index (χ1) is 19.6. The Labute approximate surface area is 231 Å². The van der Waals surface area contributed by atoms with Crippen molar-refractivity contribution in [1.29, 1.82) is 0 Å². The molecule has 41 heavy (non-hydrogen) atoms. The van der Waals surface area contributed by atoms with E-state index in [1.54, 1.807) is 6.20 Å². The number of benzene rings is 1. The number of carbonyl (C=O) groups is 1. The molecule has 1 fully saturated rings. The zero-order chi connectivity index (χ0) is 29.6. The first-order valence-corrected chi connectivity index (χ1v) is 12.5. The number of nitrogen functional groups attached to an aromatic ring is 1. The fraction of sp³-hybridized carbons (Fsp3) is 0.400. The molecule has 0 amide bonds. The third-order valence-electron chi connectivity index (χ3n) is 6.07. The molecule has 1 aliphatic heterocycles. The Kier molecular flexibility index (Phi) is 9.36. The molecule has 0 bridgehead atoms. The van der Waals surface area contributed by atoms with Gasteiger partial charge in [-0.1, -0.05) is 30.3 Å². The molecule has 4 N–H and O–H groups in total. The van der Waals surface area contributed by atoms with Crippen LogP contribution in [0.15, 0.2) is 41.2 Å². The summed E-state index contributed by atoms with van der Waals surface area (Å²) < 4.78 is 50.0. The lowest BCUT2D eigenvalue weighted by atomic mass is 10.1. The molecule has 1 saturated heterocycles. The molecule has 5 rings (SSSR count). The Bertz CT molecular complexity index is 1460. The molecule has 0 spiro atoms. The minimum atomic E-state index is -5.08. The predicted molar refractivity (Wildman–Crippen MR) is 139 cm³/mol. The summed E-state index contributed by atoms with van der Waals surface area (Å²) in [6.45, 7) is 6.16. The number of halogens is 3. The van der Waals surface area contributed by atoms with Crippen molar-refractivity contribution in [3.63, 3.8) is 0 Å². The van der Waals surface area contributed by atoms with E-state index in [0.29, 0.717) is 54.8 Å². The van der Waals surface area contributed by atoms with Crippen molar-refractivity contribution in [3.05, 3.63) is 36.5 Å². The van der Waals surface area contributed by atoms with Crippen LogP contribution in [0.4, 0.5) is 19.0 Å². The van der Waals surface area contributed by atoms with E-state index in [4.69, 9.17) is 34.7 Å². The van der Waals surface area contributed by atoms with Gasteiger partial charge in [0.1, 0.15) is 23.7 Å². The van der Waals surface area contributed by atoms with Crippen LogP contribution >= 0.6 is 0 Å². The number of nitrogens with zero attached hydrogens (tertiary/aromatic N) is 6. The molecule has 1 atom stereocenters. The Morgan fingerprint density at radius 2 is 1.85 bits per heavy atom. The van der Waals surface area contributed by atoms with E-state index in [9.17, 15) is 18.3 Å². The van der Waals surface area contributed by atoms with Crippen LogP contribution in [0.3, 0.4) is 0 Å². The van der Waals surface area contributed by atoms with Crippen LogP contribution in [-0.2, 0) is 16.1 Å². The summed E-state index contributed by atoms with van der Waals surface area (Å²) in [6, 6.07) is 9.81. The van der Waals surface area contributed by atoms with Gasteiger partial charge in [0.05, 0.1) is 25.1 Å². The van der Waals surface area contributed by atoms with Crippen LogP contribution < -0.4 is 10.5 Å². The number of carboxylic acids is 1. The lowest BCUT2D eigenvalue weighted by molar-refractivity contribution is -0.192. The SMILES string of the molecule is CCn1c(-c2nonc2N)nc2c(-c3ccccc3)ncc(OCC(O)CN3CCOCC3)c21.O=C(O)C(F)(F)F. The van der Waals surface area contributed by atoms with Gasteiger partial charge in [0.2, 0.25) is 0 Å². The molecule has 3 aromatic heterocycles. The number of nitrogens with two attached hydrogens (primary N) is 1. The van der Waals surface area contributed by atoms with Crippen LogP contribution in [0.5, 0.6) is 5.75 Å². The first kappa shape index (κ1) is 29.7. The van der Waals surface area contributed by atoms with Gasteiger partial charge in [-0.15, -0.1) is 0 Å². The number of hydrogen-bond acceptors (Lipinski definition) is 11. The summed E-state index contributed by atoms with van der Waals surface area (Å²) in [7, 11) is 0. The summed E-state index contributed by atoms with van der Waals surface area (Å²) >= 11 is 0. The number of aliphatic hydroxyl groups excluding tert-OH is 1. The van der Waals surface area contributed by atoms with Gasteiger partial charge in [-0.25, -0.2) is 19.4 Å². The number of aliphatic hydroxyl groups is 1. The van der Waals surface area contributed by atoms with Crippen LogP contribution in [-0.4, -0.2) is 97.7 Å². The number of aliphatic carboxylic acids is 1. The average Bonchev–Trinajstić information content (AvgIpc) is 3.55. The highest BCUT2D eigenvalue weighted by Crippen LogP contribution is 2.36. The molecule has 0 aliphatic carbocycles. The van der Waals surface area contributed by atoms with Gasteiger partial charge in [-0.2, -0.15) is 13.2 Å². The second-order valence-electron chi connectivity index (χ2n) is 8.89. The monoisotopic (exact) mass is 579 g/mol. The van der Waals surface area contributed by atoms with Gasteiger partial charge in [0.25, 0.3) is 0 Å². The lowest BCUT2D eigenvalue weighted by Gasteiger charge is -2.28. The Balaban J connectivity index is 0.000000493. The fourth-order valence-corrected chi connectivity index (χ4v) is 4.19.